The number of nitrogens with zero attached hydrogens (tertiary/aromatic N) is 1. The molecule has 0 saturated heterocycles. The van der Waals surface area contributed by atoms with Gasteiger partial charge in [-0.1, -0.05) is 18.2 Å². The largest absolute Gasteiger partial charge is 0.433 e. The number of likely N-dealkylation sites (N-methyl/N-ethyl adjacent to an activating group) is 1. The van der Waals surface area contributed by atoms with Crippen molar-refractivity contribution in [2.45, 2.75) is 38.0 Å². The van der Waals surface area contributed by atoms with Gasteiger partial charge in [-0.05, 0) is 66.8 Å². The fraction of sp³-hybridized carbons (Fsp3) is 0.280. The number of hydrogen-bond donors (Lipinski definition) is 2. The molecular weight excluding hydrogens is 472 g/mol. The van der Waals surface area contributed by atoms with E-state index in [1.54, 1.807) is 13.0 Å². The monoisotopic (exact) mass is 495 g/mol. The fourth-order valence-electron chi connectivity index (χ4n) is 3.67. The Morgan fingerprint density at radius 2 is 1.71 bits per heavy atom. The maximum absolute atomic E-state index is 14.5. The van der Waals surface area contributed by atoms with Crippen molar-refractivity contribution < 1.29 is 31.1 Å². The lowest BCUT2D eigenvalue weighted by molar-refractivity contribution is -0.141. The molecule has 1 amide bonds. The van der Waals surface area contributed by atoms with Gasteiger partial charge in [-0.2, -0.15) is 13.2 Å². The molecular formula is C25H23F6N3O. The number of halogens is 6. The Labute approximate surface area is 198 Å². The van der Waals surface area contributed by atoms with Crippen molar-refractivity contribution >= 4 is 5.91 Å². The second-order valence-electron chi connectivity index (χ2n) is 8.03. The summed E-state index contributed by atoms with van der Waals surface area (Å²) in [6.07, 6.45) is -2.98. The SMILES string of the molecule is CNC(=O)[C@H](N[C@@H](CCc1ccc(C(F)(F)F)nc1)c1ccc(F)c(C)c1)c1cc(F)ccc1F. The van der Waals surface area contributed by atoms with Crippen molar-refractivity contribution in [1.82, 2.24) is 15.6 Å². The highest BCUT2D eigenvalue weighted by molar-refractivity contribution is 5.83. The first kappa shape index (κ1) is 26.2. The summed E-state index contributed by atoms with van der Waals surface area (Å²) < 4.78 is 80.7. The molecule has 2 atom stereocenters. The van der Waals surface area contributed by atoms with Crippen LogP contribution in [0.3, 0.4) is 0 Å². The van der Waals surface area contributed by atoms with Crippen molar-refractivity contribution in [3.63, 3.8) is 0 Å². The van der Waals surface area contributed by atoms with Crippen LogP contribution in [0.2, 0.25) is 0 Å². The van der Waals surface area contributed by atoms with Gasteiger partial charge in [0, 0.05) is 24.8 Å². The molecule has 0 spiro atoms. The first-order chi connectivity index (χ1) is 16.5. The van der Waals surface area contributed by atoms with E-state index < -0.39 is 47.3 Å². The number of rotatable bonds is 8. The van der Waals surface area contributed by atoms with E-state index in [-0.39, 0.29) is 18.4 Å². The summed E-state index contributed by atoms with van der Waals surface area (Å²) in [6.45, 7) is 1.55. The third kappa shape index (κ3) is 6.60. The predicted molar refractivity (Wildman–Crippen MR) is 118 cm³/mol. The highest BCUT2D eigenvalue weighted by atomic mass is 19.4. The molecule has 0 radical (unpaired) electrons. The van der Waals surface area contributed by atoms with Crippen LogP contribution in [0.25, 0.3) is 0 Å². The third-order valence-electron chi connectivity index (χ3n) is 5.57. The summed E-state index contributed by atoms with van der Waals surface area (Å²) in [5.41, 5.74) is 0.154. The number of pyridine rings is 1. The quantitative estimate of drug-likeness (QED) is 0.402. The Hall–Kier alpha value is -3.40. The summed E-state index contributed by atoms with van der Waals surface area (Å²) >= 11 is 0. The van der Waals surface area contributed by atoms with Gasteiger partial charge in [-0.3, -0.25) is 15.1 Å². The first-order valence-electron chi connectivity index (χ1n) is 10.7. The van der Waals surface area contributed by atoms with Gasteiger partial charge in [0.1, 0.15) is 29.2 Å². The van der Waals surface area contributed by atoms with Crippen LogP contribution in [0.4, 0.5) is 26.3 Å². The van der Waals surface area contributed by atoms with Gasteiger partial charge in [0.2, 0.25) is 5.91 Å². The minimum atomic E-state index is -4.57. The van der Waals surface area contributed by atoms with Gasteiger partial charge in [-0.15, -0.1) is 0 Å². The van der Waals surface area contributed by atoms with Gasteiger partial charge >= 0.3 is 6.18 Å². The summed E-state index contributed by atoms with van der Waals surface area (Å²) in [6, 6.07) is 7.25. The number of aromatic nitrogens is 1. The van der Waals surface area contributed by atoms with E-state index in [2.05, 4.69) is 15.6 Å². The van der Waals surface area contributed by atoms with Crippen molar-refractivity contribution in [2.75, 3.05) is 7.05 Å². The molecule has 4 nitrogen and oxygen atoms in total. The standard InChI is InChI=1S/C25H23F6N3O/c1-14-11-16(5-7-19(14)27)21(9-3-15-4-10-22(33-13-15)25(29,30)31)34-23(24(35)32-2)18-12-17(26)6-8-20(18)28/h4-8,10-13,21,23,34H,3,9H2,1-2H3,(H,32,35)/t21-,23+/m0/s1. The van der Waals surface area contributed by atoms with E-state index in [1.807, 2.05) is 0 Å². The lowest BCUT2D eigenvalue weighted by Gasteiger charge is -2.26. The van der Waals surface area contributed by atoms with Crippen LogP contribution in [-0.4, -0.2) is 17.9 Å². The Kier molecular flexibility index (Phi) is 8.16. The van der Waals surface area contributed by atoms with Crippen molar-refractivity contribution in [1.29, 1.82) is 0 Å². The van der Waals surface area contributed by atoms with Crippen LogP contribution in [0.1, 0.15) is 46.5 Å². The van der Waals surface area contributed by atoms with Crippen molar-refractivity contribution in [3.8, 4) is 0 Å². The lowest BCUT2D eigenvalue weighted by Crippen LogP contribution is -2.38. The van der Waals surface area contributed by atoms with Crippen LogP contribution in [0.5, 0.6) is 0 Å². The van der Waals surface area contributed by atoms with Gasteiger partial charge in [-0.25, -0.2) is 13.2 Å². The molecule has 35 heavy (non-hydrogen) atoms. The number of aryl methyl sites for hydroxylation is 2. The zero-order valence-electron chi connectivity index (χ0n) is 18.9. The molecule has 0 fully saturated rings. The molecule has 186 valence electrons. The molecule has 3 aromatic rings. The van der Waals surface area contributed by atoms with Gasteiger partial charge in [0.15, 0.2) is 0 Å². The molecule has 2 N–H and O–H groups in total. The summed E-state index contributed by atoms with van der Waals surface area (Å²) in [5, 5.41) is 5.43. The zero-order chi connectivity index (χ0) is 25.8. The Morgan fingerprint density at radius 1 is 1.00 bits per heavy atom. The normalized spacial score (nSPS) is 13.4. The second kappa shape index (κ2) is 10.9. The highest BCUT2D eigenvalue weighted by Gasteiger charge is 2.32. The molecule has 0 aliphatic rings. The minimum Gasteiger partial charge on any atom is -0.358 e. The topological polar surface area (TPSA) is 54.0 Å². The van der Waals surface area contributed by atoms with E-state index in [4.69, 9.17) is 0 Å². The first-order valence-corrected chi connectivity index (χ1v) is 10.7. The Morgan fingerprint density at radius 3 is 2.31 bits per heavy atom. The van der Waals surface area contributed by atoms with Crippen LogP contribution in [0.15, 0.2) is 54.7 Å². The Balaban J connectivity index is 1.93. The van der Waals surface area contributed by atoms with Crippen LogP contribution in [0, 0.1) is 24.4 Å². The van der Waals surface area contributed by atoms with E-state index in [0.717, 1.165) is 30.5 Å². The van der Waals surface area contributed by atoms with Gasteiger partial charge < -0.3 is 5.32 Å². The number of nitrogens with one attached hydrogen (secondary N) is 2. The molecule has 0 aliphatic heterocycles. The molecule has 1 aromatic heterocycles. The van der Waals surface area contributed by atoms with Crippen molar-refractivity contribution in [2.24, 2.45) is 0 Å². The Bertz CT molecular complexity index is 1180. The molecule has 3 rings (SSSR count). The maximum Gasteiger partial charge on any atom is 0.433 e. The summed E-state index contributed by atoms with van der Waals surface area (Å²) in [4.78, 5) is 16.1. The van der Waals surface area contributed by atoms with E-state index >= 15 is 0 Å². The number of benzene rings is 2. The van der Waals surface area contributed by atoms with Crippen LogP contribution >= 0.6 is 0 Å². The molecule has 1 heterocycles. The third-order valence-corrected chi connectivity index (χ3v) is 5.57. The molecule has 0 aliphatic carbocycles. The summed E-state index contributed by atoms with van der Waals surface area (Å²) in [7, 11) is 1.35. The summed E-state index contributed by atoms with van der Waals surface area (Å²) in [5.74, 6) is -2.61. The van der Waals surface area contributed by atoms with Crippen molar-refractivity contribution in [3.05, 3.63) is 100 Å². The van der Waals surface area contributed by atoms with Crippen LogP contribution < -0.4 is 10.6 Å². The molecule has 0 unspecified atom stereocenters. The zero-order valence-corrected chi connectivity index (χ0v) is 18.9. The molecule has 2 aromatic carbocycles. The van der Waals surface area contributed by atoms with Gasteiger partial charge in [0.25, 0.3) is 0 Å². The molecule has 0 saturated carbocycles. The van der Waals surface area contributed by atoms with Gasteiger partial charge in [0.05, 0.1) is 0 Å². The average Bonchev–Trinajstić information content (AvgIpc) is 2.82. The average molecular weight is 495 g/mol. The number of alkyl halides is 3. The van der Waals surface area contributed by atoms with Crippen LogP contribution in [-0.2, 0) is 17.4 Å². The fourth-order valence-corrected chi connectivity index (χ4v) is 3.67. The minimum absolute atomic E-state index is 0.218. The van der Waals surface area contributed by atoms with E-state index in [1.165, 1.54) is 25.2 Å². The number of carbonyl (C=O) groups excluding carboxylic acids is 1. The smallest absolute Gasteiger partial charge is 0.358 e. The van der Waals surface area contributed by atoms with E-state index in [9.17, 15) is 31.1 Å². The number of amides is 1. The molecule has 0 bridgehead atoms. The number of hydrogen-bond acceptors (Lipinski definition) is 3. The van der Waals surface area contributed by atoms with E-state index in [0.29, 0.717) is 16.7 Å². The second-order valence-corrected chi connectivity index (χ2v) is 8.03. The predicted octanol–water partition coefficient (Wildman–Crippen LogP) is 5.58. The maximum atomic E-state index is 14.5. The molecule has 10 heteroatoms. The lowest BCUT2D eigenvalue weighted by atomic mass is 9.95. The highest BCUT2D eigenvalue weighted by Crippen LogP contribution is 2.29. The number of carbonyl (C=O) groups is 1.